The van der Waals surface area contributed by atoms with E-state index in [2.05, 4.69) is 33.2 Å². The molecule has 0 radical (unpaired) electrons. The third kappa shape index (κ3) is 3.44. The van der Waals surface area contributed by atoms with Crippen LogP contribution in [0.4, 0.5) is 0 Å². The van der Waals surface area contributed by atoms with Crippen LogP contribution in [0.5, 0.6) is 0 Å². The van der Waals surface area contributed by atoms with Crippen molar-refractivity contribution in [2.45, 2.75) is 19.9 Å². The second-order valence-electron chi connectivity index (χ2n) is 4.03. The number of carbonyl (C=O) groups is 1. The molecule has 0 N–H and O–H groups in total. The second kappa shape index (κ2) is 6.52. The van der Waals surface area contributed by atoms with Gasteiger partial charge in [-0.3, -0.25) is 4.68 Å². The number of rotatable bonds is 5. The Morgan fingerprint density at radius 2 is 2.11 bits per heavy atom. The maximum absolute atomic E-state index is 11.6. The van der Waals surface area contributed by atoms with Crippen molar-refractivity contribution in [3.8, 4) is 0 Å². The molecule has 100 valence electrons. The average Bonchev–Trinajstić information content (AvgIpc) is 2.79. The summed E-state index contributed by atoms with van der Waals surface area (Å²) in [5.74, 6) is -0.347. The van der Waals surface area contributed by atoms with Gasteiger partial charge in [0.15, 0.2) is 0 Å². The zero-order valence-corrected chi connectivity index (χ0v) is 12.3. The highest BCUT2D eigenvalue weighted by Gasteiger charge is 2.16. The Labute approximate surface area is 120 Å². The first-order valence-corrected chi connectivity index (χ1v) is 6.94. The van der Waals surface area contributed by atoms with Crippen molar-refractivity contribution in [1.29, 1.82) is 0 Å². The van der Waals surface area contributed by atoms with Crippen LogP contribution in [0.25, 0.3) is 0 Å². The lowest BCUT2D eigenvalue weighted by molar-refractivity contribution is 0.0525. The van der Waals surface area contributed by atoms with Gasteiger partial charge in [0.2, 0.25) is 0 Å². The molecule has 0 amide bonds. The Morgan fingerprint density at radius 1 is 1.37 bits per heavy atom. The van der Waals surface area contributed by atoms with Crippen molar-refractivity contribution in [2.24, 2.45) is 0 Å². The van der Waals surface area contributed by atoms with Crippen LogP contribution in [-0.4, -0.2) is 22.4 Å². The Balaban J connectivity index is 2.04. The monoisotopic (exact) mass is 322 g/mol. The molecule has 0 aliphatic heterocycles. The van der Waals surface area contributed by atoms with Gasteiger partial charge in [0.1, 0.15) is 10.2 Å². The lowest BCUT2D eigenvalue weighted by Gasteiger charge is -2.04. The molecule has 2 aromatic rings. The lowest BCUT2D eigenvalue weighted by Crippen LogP contribution is -2.07. The van der Waals surface area contributed by atoms with Crippen LogP contribution in [0.3, 0.4) is 0 Å². The van der Waals surface area contributed by atoms with Crippen LogP contribution in [0.1, 0.15) is 22.8 Å². The molecule has 0 unspecified atom stereocenters. The van der Waals surface area contributed by atoms with E-state index in [0.29, 0.717) is 23.3 Å². The number of benzene rings is 1. The number of aromatic nitrogens is 2. The molecule has 2 rings (SSSR count). The fourth-order valence-electron chi connectivity index (χ4n) is 1.75. The van der Waals surface area contributed by atoms with Gasteiger partial charge >= 0.3 is 5.97 Å². The van der Waals surface area contributed by atoms with E-state index >= 15 is 0 Å². The highest BCUT2D eigenvalue weighted by Crippen LogP contribution is 2.18. The number of halogens is 1. The number of carbonyl (C=O) groups excluding carboxylic acids is 1. The van der Waals surface area contributed by atoms with Gasteiger partial charge in [-0.25, -0.2) is 4.79 Å². The van der Waals surface area contributed by atoms with Crippen LogP contribution < -0.4 is 0 Å². The molecule has 0 bridgehead atoms. The van der Waals surface area contributed by atoms with E-state index in [1.54, 1.807) is 11.6 Å². The van der Waals surface area contributed by atoms with E-state index in [-0.39, 0.29) is 5.97 Å². The quantitative estimate of drug-likeness (QED) is 0.795. The number of nitrogens with zero attached hydrogens (tertiary/aromatic N) is 2. The van der Waals surface area contributed by atoms with E-state index in [9.17, 15) is 4.79 Å². The summed E-state index contributed by atoms with van der Waals surface area (Å²) in [7, 11) is 0. The molecular formula is C14H15BrN2O2. The Bertz CT molecular complexity index is 552. The van der Waals surface area contributed by atoms with Crippen LogP contribution in [0.15, 0.2) is 41.1 Å². The largest absolute Gasteiger partial charge is 0.462 e. The molecule has 0 atom stereocenters. The Hall–Kier alpha value is -1.62. The normalized spacial score (nSPS) is 10.4. The molecule has 5 heteroatoms. The molecule has 0 spiro atoms. The first-order valence-electron chi connectivity index (χ1n) is 6.14. The number of aryl methyl sites for hydroxylation is 2. The third-order valence-electron chi connectivity index (χ3n) is 2.73. The zero-order chi connectivity index (χ0) is 13.7. The molecule has 4 nitrogen and oxygen atoms in total. The SMILES string of the molecule is CCOC(=O)c1cnn(CCc2ccccc2)c1Br. The van der Waals surface area contributed by atoms with Crippen molar-refractivity contribution in [1.82, 2.24) is 9.78 Å². The maximum atomic E-state index is 11.6. The predicted octanol–water partition coefficient (Wildman–Crippen LogP) is 3.07. The molecule has 1 heterocycles. The summed E-state index contributed by atoms with van der Waals surface area (Å²) in [5.41, 5.74) is 1.71. The van der Waals surface area contributed by atoms with Gasteiger partial charge in [0, 0.05) is 6.54 Å². The van der Waals surface area contributed by atoms with Crippen LogP contribution >= 0.6 is 15.9 Å². The highest BCUT2D eigenvalue weighted by atomic mass is 79.9. The van der Waals surface area contributed by atoms with Gasteiger partial charge in [0.25, 0.3) is 0 Å². The lowest BCUT2D eigenvalue weighted by atomic mass is 10.1. The number of hydrogen-bond acceptors (Lipinski definition) is 3. The van der Waals surface area contributed by atoms with E-state index in [4.69, 9.17) is 4.74 Å². The molecule has 1 aromatic carbocycles. The summed E-state index contributed by atoms with van der Waals surface area (Å²) in [6.45, 7) is 2.86. The zero-order valence-electron chi connectivity index (χ0n) is 10.7. The van der Waals surface area contributed by atoms with Gasteiger partial charge in [-0.2, -0.15) is 5.10 Å². The molecule has 0 saturated heterocycles. The standard InChI is InChI=1S/C14H15BrN2O2/c1-2-19-14(18)12-10-16-17(13(12)15)9-8-11-6-4-3-5-7-11/h3-7,10H,2,8-9H2,1H3. The summed E-state index contributed by atoms with van der Waals surface area (Å²) < 4.78 is 7.39. The van der Waals surface area contributed by atoms with E-state index in [0.717, 1.165) is 6.42 Å². The van der Waals surface area contributed by atoms with Crippen molar-refractivity contribution in [2.75, 3.05) is 6.61 Å². The molecular weight excluding hydrogens is 308 g/mol. The topological polar surface area (TPSA) is 44.1 Å². The van der Waals surface area contributed by atoms with E-state index in [1.165, 1.54) is 11.8 Å². The summed E-state index contributed by atoms with van der Waals surface area (Å²) in [6, 6.07) is 10.2. The summed E-state index contributed by atoms with van der Waals surface area (Å²) in [6.07, 6.45) is 2.40. The van der Waals surface area contributed by atoms with E-state index < -0.39 is 0 Å². The van der Waals surface area contributed by atoms with Crippen molar-refractivity contribution >= 4 is 21.9 Å². The van der Waals surface area contributed by atoms with Crippen molar-refractivity contribution < 1.29 is 9.53 Å². The first-order chi connectivity index (χ1) is 9.22. The van der Waals surface area contributed by atoms with Crippen LogP contribution in [-0.2, 0) is 17.7 Å². The first kappa shape index (κ1) is 13.8. The minimum Gasteiger partial charge on any atom is -0.462 e. The smallest absolute Gasteiger partial charge is 0.342 e. The summed E-state index contributed by atoms with van der Waals surface area (Å²) in [4.78, 5) is 11.6. The second-order valence-corrected chi connectivity index (χ2v) is 4.78. The fourth-order valence-corrected chi connectivity index (χ4v) is 2.28. The van der Waals surface area contributed by atoms with Gasteiger partial charge in [-0.15, -0.1) is 0 Å². The van der Waals surface area contributed by atoms with Gasteiger partial charge < -0.3 is 4.74 Å². The minimum atomic E-state index is -0.347. The number of esters is 1. The van der Waals surface area contributed by atoms with Gasteiger partial charge in [0.05, 0.1) is 12.8 Å². The Kier molecular flexibility index (Phi) is 4.74. The maximum Gasteiger partial charge on any atom is 0.342 e. The van der Waals surface area contributed by atoms with Gasteiger partial charge in [-0.05, 0) is 34.8 Å². The summed E-state index contributed by atoms with van der Waals surface area (Å²) >= 11 is 3.40. The van der Waals surface area contributed by atoms with Gasteiger partial charge in [-0.1, -0.05) is 30.3 Å². The molecule has 0 aliphatic rings. The third-order valence-corrected chi connectivity index (χ3v) is 3.56. The number of hydrogen-bond donors (Lipinski definition) is 0. The van der Waals surface area contributed by atoms with E-state index in [1.807, 2.05) is 18.2 Å². The molecule has 1 aromatic heterocycles. The molecule has 0 fully saturated rings. The summed E-state index contributed by atoms with van der Waals surface area (Å²) in [5, 5.41) is 4.20. The molecule has 0 aliphatic carbocycles. The average molecular weight is 323 g/mol. The fraction of sp³-hybridized carbons (Fsp3) is 0.286. The number of ether oxygens (including phenoxy) is 1. The van der Waals surface area contributed by atoms with Crippen molar-refractivity contribution in [3.63, 3.8) is 0 Å². The van der Waals surface area contributed by atoms with Crippen LogP contribution in [0, 0.1) is 0 Å². The Morgan fingerprint density at radius 3 is 2.79 bits per heavy atom. The van der Waals surface area contributed by atoms with Crippen molar-refractivity contribution in [3.05, 3.63) is 52.3 Å². The molecule has 19 heavy (non-hydrogen) atoms. The molecule has 0 saturated carbocycles. The highest BCUT2D eigenvalue weighted by molar-refractivity contribution is 9.10. The van der Waals surface area contributed by atoms with Crippen LogP contribution in [0.2, 0.25) is 0 Å². The minimum absolute atomic E-state index is 0.347. The predicted molar refractivity (Wildman–Crippen MR) is 76.0 cm³/mol.